The number of amides is 1. The number of carbonyl (C=O) groups is 1. The molecule has 22 heavy (non-hydrogen) atoms. The molecule has 0 radical (unpaired) electrons. The molecule has 0 aromatic heterocycles. The minimum absolute atomic E-state index is 0.0454. The number of aryl methyl sites for hydroxylation is 1. The molecular formula is C18H22ClN2O+. The van der Waals surface area contributed by atoms with Crippen LogP contribution < -0.4 is 10.6 Å². The topological polar surface area (TPSA) is 45.7 Å². The third kappa shape index (κ3) is 4.86. The van der Waals surface area contributed by atoms with Crippen molar-refractivity contribution in [3.8, 4) is 0 Å². The molecule has 3 N–H and O–H groups in total. The van der Waals surface area contributed by atoms with E-state index in [1.165, 1.54) is 5.56 Å². The van der Waals surface area contributed by atoms with Crippen LogP contribution in [0.5, 0.6) is 0 Å². The third-order valence-corrected chi connectivity index (χ3v) is 4.04. The lowest BCUT2D eigenvalue weighted by Gasteiger charge is -2.12. The van der Waals surface area contributed by atoms with Crippen LogP contribution >= 0.6 is 11.6 Å². The van der Waals surface area contributed by atoms with Gasteiger partial charge >= 0.3 is 0 Å². The Morgan fingerprint density at radius 3 is 2.55 bits per heavy atom. The highest BCUT2D eigenvalue weighted by Crippen LogP contribution is 2.13. The van der Waals surface area contributed by atoms with Crippen molar-refractivity contribution in [3.63, 3.8) is 0 Å². The molecule has 116 valence electrons. The summed E-state index contributed by atoms with van der Waals surface area (Å²) in [5.74, 6) is 0.0454. The van der Waals surface area contributed by atoms with Crippen molar-refractivity contribution in [2.24, 2.45) is 0 Å². The predicted molar refractivity (Wildman–Crippen MR) is 89.7 cm³/mol. The molecule has 1 amide bonds. The standard InChI is InChI=1S/C18H21ClN2O/c1-13-5-3-4-6-16(13)11-21-18(22)12-20-14(2)15-7-9-17(19)10-8-15/h3-10,14,20H,11-12H2,1-2H3,(H,21,22)/p+1/t14-/m1/s1. The van der Waals surface area contributed by atoms with E-state index in [-0.39, 0.29) is 11.9 Å². The summed E-state index contributed by atoms with van der Waals surface area (Å²) in [6.07, 6.45) is 0. The van der Waals surface area contributed by atoms with Crippen molar-refractivity contribution in [1.29, 1.82) is 0 Å². The lowest BCUT2D eigenvalue weighted by molar-refractivity contribution is -0.682. The largest absolute Gasteiger partial charge is 0.347 e. The Bertz CT molecular complexity index is 625. The number of carbonyl (C=O) groups excluding carboxylic acids is 1. The maximum absolute atomic E-state index is 12.0. The van der Waals surface area contributed by atoms with Gasteiger partial charge in [0.2, 0.25) is 0 Å². The van der Waals surface area contributed by atoms with Crippen LogP contribution in [0.4, 0.5) is 0 Å². The van der Waals surface area contributed by atoms with Gasteiger partial charge in [-0.15, -0.1) is 0 Å². The molecule has 0 fully saturated rings. The number of nitrogens with one attached hydrogen (secondary N) is 1. The fraction of sp³-hybridized carbons (Fsp3) is 0.278. The fourth-order valence-electron chi connectivity index (χ4n) is 2.26. The number of rotatable bonds is 6. The molecule has 0 bridgehead atoms. The first-order chi connectivity index (χ1) is 10.6. The van der Waals surface area contributed by atoms with Gasteiger partial charge in [-0.05, 0) is 37.1 Å². The summed E-state index contributed by atoms with van der Waals surface area (Å²) in [5, 5.41) is 5.72. The fourth-order valence-corrected chi connectivity index (χ4v) is 2.39. The molecule has 4 heteroatoms. The molecule has 0 heterocycles. The Balaban J connectivity index is 1.78. The Morgan fingerprint density at radius 2 is 1.86 bits per heavy atom. The van der Waals surface area contributed by atoms with Crippen LogP contribution in [0.15, 0.2) is 48.5 Å². The SMILES string of the molecule is Cc1ccccc1CNC(=O)C[NH2+][C@H](C)c1ccc(Cl)cc1. The van der Waals surface area contributed by atoms with Gasteiger partial charge in [-0.25, -0.2) is 0 Å². The maximum atomic E-state index is 12.0. The zero-order chi connectivity index (χ0) is 15.9. The van der Waals surface area contributed by atoms with Gasteiger partial charge in [-0.2, -0.15) is 0 Å². The second-order valence-corrected chi connectivity index (χ2v) is 5.92. The first-order valence-electron chi connectivity index (χ1n) is 7.46. The smallest absolute Gasteiger partial charge is 0.275 e. The molecule has 0 saturated heterocycles. The lowest BCUT2D eigenvalue weighted by Crippen LogP contribution is -2.87. The minimum Gasteiger partial charge on any atom is -0.347 e. The first kappa shape index (κ1) is 16.5. The zero-order valence-electron chi connectivity index (χ0n) is 13.0. The van der Waals surface area contributed by atoms with Crippen molar-refractivity contribution in [2.75, 3.05) is 6.54 Å². The van der Waals surface area contributed by atoms with Gasteiger partial charge in [-0.1, -0.05) is 48.0 Å². The highest BCUT2D eigenvalue weighted by atomic mass is 35.5. The second-order valence-electron chi connectivity index (χ2n) is 5.48. The van der Waals surface area contributed by atoms with E-state index < -0.39 is 0 Å². The van der Waals surface area contributed by atoms with Crippen LogP contribution in [-0.4, -0.2) is 12.5 Å². The van der Waals surface area contributed by atoms with E-state index >= 15 is 0 Å². The van der Waals surface area contributed by atoms with E-state index in [1.54, 1.807) is 0 Å². The van der Waals surface area contributed by atoms with Crippen LogP contribution in [-0.2, 0) is 11.3 Å². The van der Waals surface area contributed by atoms with Gasteiger partial charge in [0.05, 0.1) is 0 Å². The summed E-state index contributed by atoms with van der Waals surface area (Å²) in [7, 11) is 0. The number of nitrogens with two attached hydrogens (primary N) is 1. The van der Waals surface area contributed by atoms with E-state index in [9.17, 15) is 4.79 Å². The Hall–Kier alpha value is -1.84. The van der Waals surface area contributed by atoms with Crippen molar-refractivity contribution < 1.29 is 10.1 Å². The quantitative estimate of drug-likeness (QED) is 0.845. The predicted octanol–water partition coefficient (Wildman–Crippen LogP) is 2.59. The first-order valence-corrected chi connectivity index (χ1v) is 7.84. The summed E-state index contributed by atoms with van der Waals surface area (Å²) >= 11 is 5.88. The van der Waals surface area contributed by atoms with Crippen molar-refractivity contribution in [2.45, 2.75) is 26.4 Å². The summed E-state index contributed by atoms with van der Waals surface area (Å²) in [6, 6.07) is 16.0. The number of quaternary nitrogens is 1. The highest BCUT2D eigenvalue weighted by Gasteiger charge is 2.11. The number of hydrogen-bond donors (Lipinski definition) is 2. The van der Waals surface area contributed by atoms with Crippen molar-refractivity contribution in [3.05, 3.63) is 70.2 Å². The average Bonchev–Trinajstić information content (AvgIpc) is 2.52. The monoisotopic (exact) mass is 317 g/mol. The number of halogens is 1. The Kier molecular flexibility index (Phi) is 5.99. The third-order valence-electron chi connectivity index (χ3n) is 3.79. The molecule has 0 aliphatic rings. The van der Waals surface area contributed by atoms with Crippen molar-refractivity contribution >= 4 is 17.5 Å². The van der Waals surface area contributed by atoms with E-state index in [0.717, 1.165) is 16.1 Å². The summed E-state index contributed by atoms with van der Waals surface area (Å²) < 4.78 is 0. The molecule has 0 aliphatic heterocycles. The normalized spacial score (nSPS) is 12.0. The summed E-state index contributed by atoms with van der Waals surface area (Å²) in [4.78, 5) is 12.0. The molecule has 3 nitrogen and oxygen atoms in total. The Morgan fingerprint density at radius 1 is 1.18 bits per heavy atom. The number of hydrogen-bond acceptors (Lipinski definition) is 1. The molecule has 2 aromatic rings. The molecule has 1 atom stereocenters. The lowest BCUT2D eigenvalue weighted by atomic mass is 10.1. The molecule has 0 unspecified atom stereocenters. The molecular weight excluding hydrogens is 296 g/mol. The maximum Gasteiger partial charge on any atom is 0.275 e. The minimum atomic E-state index is 0.0454. The molecule has 2 aromatic carbocycles. The van der Waals surface area contributed by atoms with E-state index in [0.29, 0.717) is 13.1 Å². The zero-order valence-corrected chi connectivity index (χ0v) is 13.7. The van der Waals surface area contributed by atoms with E-state index in [2.05, 4.69) is 25.2 Å². The second kappa shape index (κ2) is 7.97. The molecule has 2 rings (SSSR count). The van der Waals surface area contributed by atoms with Gasteiger partial charge in [0.1, 0.15) is 6.04 Å². The van der Waals surface area contributed by atoms with E-state index in [4.69, 9.17) is 11.6 Å². The summed E-state index contributed by atoms with van der Waals surface area (Å²) in [6.45, 7) is 5.12. The van der Waals surface area contributed by atoms with Gasteiger partial charge in [0, 0.05) is 17.1 Å². The van der Waals surface area contributed by atoms with E-state index in [1.807, 2.05) is 47.8 Å². The van der Waals surface area contributed by atoms with Crippen LogP contribution in [0.2, 0.25) is 5.02 Å². The average molecular weight is 318 g/mol. The van der Waals surface area contributed by atoms with Gasteiger partial charge < -0.3 is 10.6 Å². The van der Waals surface area contributed by atoms with Gasteiger partial charge in [0.15, 0.2) is 6.54 Å². The van der Waals surface area contributed by atoms with Crippen LogP contribution in [0.1, 0.15) is 29.7 Å². The highest BCUT2D eigenvalue weighted by molar-refractivity contribution is 6.30. The van der Waals surface area contributed by atoms with Crippen molar-refractivity contribution in [1.82, 2.24) is 5.32 Å². The van der Waals surface area contributed by atoms with Crippen LogP contribution in [0.25, 0.3) is 0 Å². The molecule has 0 spiro atoms. The van der Waals surface area contributed by atoms with Crippen LogP contribution in [0, 0.1) is 6.92 Å². The van der Waals surface area contributed by atoms with Gasteiger partial charge in [-0.3, -0.25) is 4.79 Å². The summed E-state index contributed by atoms with van der Waals surface area (Å²) in [5.41, 5.74) is 3.51. The van der Waals surface area contributed by atoms with Crippen LogP contribution in [0.3, 0.4) is 0 Å². The molecule has 0 aliphatic carbocycles. The number of benzene rings is 2. The molecule has 0 saturated carbocycles. The Labute approximate surface area is 136 Å². The van der Waals surface area contributed by atoms with Gasteiger partial charge in [0.25, 0.3) is 5.91 Å².